The van der Waals surface area contributed by atoms with Crippen LogP contribution in [-0.2, 0) is 4.74 Å². The maximum Gasteiger partial charge on any atom is 0.191 e. The molecule has 0 amide bonds. The molecule has 0 aromatic heterocycles. The fourth-order valence-electron chi connectivity index (χ4n) is 1.50. The maximum absolute atomic E-state index is 5.06. The summed E-state index contributed by atoms with van der Waals surface area (Å²) in [5.74, 6) is 1.62. The van der Waals surface area contributed by atoms with Crippen LogP contribution in [0.5, 0.6) is 0 Å². The summed E-state index contributed by atoms with van der Waals surface area (Å²) in [7, 11) is 3.83. The maximum atomic E-state index is 5.06. The number of likely N-dealkylation sites (N-methyl/N-ethyl adjacent to an activating group) is 1. The minimum Gasteiger partial charge on any atom is -0.383 e. The van der Waals surface area contributed by atoms with E-state index in [2.05, 4.69) is 48.3 Å². The molecule has 0 heterocycles. The number of nitrogens with one attached hydrogen (secondary N) is 2. The minimum atomic E-state index is 0.701. The number of hydrogen-bond donors (Lipinski definition) is 2. The number of guanidine groups is 1. The fraction of sp³-hybridized carbons (Fsp3) is 0.929. The monoisotopic (exact) mass is 272 g/mol. The Morgan fingerprint density at radius 1 is 1.26 bits per heavy atom. The van der Waals surface area contributed by atoms with Crippen LogP contribution in [0.15, 0.2) is 4.99 Å². The van der Waals surface area contributed by atoms with Crippen LogP contribution in [-0.4, -0.2) is 64.3 Å². The molecule has 0 atom stereocenters. The van der Waals surface area contributed by atoms with Gasteiger partial charge in [0.25, 0.3) is 0 Å². The molecular weight excluding hydrogens is 240 g/mol. The zero-order valence-corrected chi connectivity index (χ0v) is 13.3. The Morgan fingerprint density at radius 3 is 2.58 bits per heavy atom. The zero-order valence-electron chi connectivity index (χ0n) is 13.3. The molecule has 0 bridgehead atoms. The molecule has 5 nitrogen and oxygen atoms in total. The van der Waals surface area contributed by atoms with Crippen molar-refractivity contribution in [1.82, 2.24) is 15.5 Å². The first-order chi connectivity index (χ1) is 9.10. The molecule has 0 aliphatic carbocycles. The molecule has 0 radical (unpaired) electrons. The van der Waals surface area contributed by atoms with Crippen LogP contribution in [0.4, 0.5) is 0 Å². The van der Waals surface area contributed by atoms with Gasteiger partial charge >= 0.3 is 0 Å². The summed E-state index contributed by atoms with van der Waals surface area (Å²) in [6.45, 7) is 11.9. The Bertz CT molecular complexity index is 231. The van der Waals surface area contributed by atoms with Gasteiger partial charge in [0, 0.05) is 39.8 Å². The van der Waals surface area contributed by atoms with Gasteiger partial charge in [-0.1, -0.05) is 13.8 Å². The van der Waals surface area contributed by atoms with E-state index in [0.717, 1.165) is 51.7 Å². The Labute approximate surface area is 118 Å². The first-order valence-electron chi connectivity index (χ1n) is 7.29. The summed E-state index contributed by atoms with van der Waals surface area (Å²) in [4.78, 5) is 6.81. The standard InChI is InChI=1S/C14H32N4O/c1-6-15-14(16-8-7-13(2)3)17-9-10-18(4)11-12-19-5/h13H,6-12H2,1-5H3,(H2,15,16,17). The third-order valence-corrected chi connectivity index (χ3v) is 2.78. The van der Waals surface area contributed by atoms with E-state index in [1.807, 2.05) is 0 Å². The number of ether oxygens (including phenoxy) is 1. The number of methoxy groups -OCH3 is 1. The van der Waals surface area contributed by atoms with Crippen molar-refractivity contribution in [3.63, 3.8) is 0 Å². The fourth-order valence-corrected chi connectivity index (χ4v) is 1.50. The van der Waals surface area contributed by atoms with Crippen molar-refractivity contribution in [1.29, 1.82) is 0 Å². The van der Waals surface area contributed by atoms with E-state index in [1.165, 1.54) is 0 Å². The number of nitrogens with zero attached hydrogens (tertiary/aromatic N) is 2. The highest BCUT2D eigenvalue weighted by Gasteiger charge is 2.00. The van der Waals surface area contributed by atoms with Gasteiger partial charge < -0.3 is 20.3 Å². The van der Waals surface area contributed by atoms with Crippen LogP contribution in [0, 0.1) is 5.92 Å². The average Bonchev–Trinajstić information content (AvgIpc) is 2.36. The molecule has 0 aliphatic heterocycles. The van der Waals surface area contributed by atoms with Gasteiger partial charge in [-0.15, -0.1) is 0 Å². The number of hydrogen-bond acceptors (Lipinski definition) is 3. The summed E-state index contributed by atoms with van der Waals surface area (Å²) in [5.41, 5.74) is 0. The number of rotatable bonds is 10. The molecular formula is C14H32N4O. The predicted octanol–water partition coefficient (Wildman–Crippen LogP) is 1.17. The second-order valence-electron chi connectivity index (χ2n) is 5.17. The van der Waals surface area contributed by atoms with Gasteiger partial charge in [0.2, 0.25) is 0 Å². The SMILES string of the molecule is CCNC(=NCCC(C)C)NCCN(C)CCOC. The van der Waals surface area contributed by atoms with Gasteiger partial charge in [0.05, 0.1) is 6.61 Å². The second kappa shape index (κ2) is 12.2. The highest BCUT2D eigenvalue weighted by atomic mass is 16.5. The van der Waals surface area contributed by atoms with Crippen molar-refractivity contribution in [3.05, 3.63) is 0 Å². The van der Waals surface area contributed by atoms with E-state index >= 15 is 0 Å². The van der Waals surface area contributed by atoms with E-state index in [0.29, 0.717) is 5.92 Å². The third-order valence-electron chi connectivity index (χ3n) is 2.78. The Morgan fingerprint density at radius 2 is 2.00 bits per heavy atom. The quantitative estimate of drug-likeness (QED) is 0.463. The number of aliphatic imine (C=N–C) groups is 1. The van der Waals surface area contributed by atoms with Gasteiger partial charge in [-0.25, -0.2) is 0 Å². The van der Waals surface area contributed by atoms with Crippen LogP contribution in [0.3, 0.4) is 0 Å². The van der Waals surface area contributed by atoms with Gasteiger partial charge in [0.15, 0.2) is 5.96 Å². The van der Waals surface area contributed by atoms with Crippen LogP contribution < -0.4 is 10.6 Å². The molecule has 0 spiro atoms. The van der Waals surface area contributed by atoms with E-state index < -0.39 is 0 Å². The summed E-state index contributed by atoms with van der Waals surface area (Å²) < 4.78 is 5.06. The summed E-state index contributed by atoms with van der Waals surface area (Å²) >= 11 is 0. The largest absolute Gasteiger partial charge is 0.383 e. The van der Waals surface area contributed by atoms with Crippen LogP contribution in [0.2, 0.25) is 0 Å². The van der Waals surface area contributed by atoms with Crippen LogP contribution >= 0.6 is 0 Å². The van der Waals surface area contributed by atoms with Gasteiger partial charge in [-0.3, -0.25) is 4.99 Å². The van der Waals surface area contributed by atoms with Gasteiger partial charge in [-0.2, -0.15) is 0 Å². The molecule has 0 rings (SSSR count). The Balaban J connectivity index is 3.86. The molecule has 2 N–H and O–H groups in total. The lowest BCUT2D eigenvalue weighted by Gasteiger charge is -2.17. The van der Waals surface area contributed by atoms with Crippen molar-refractivity contribution in [3.8, 4) is 0 Å². The smallest absolute Gasteiger partial charge is 0.191 e. The van der Waals surface area contributed by atoms with Gasteiger partial charge in [0.1, 0.15) is 0 Å². The lowest BCUT2D eigenvalue weighted by Crippen LogP contribution is -2.41. The van der Waals surface area contributed by atoms with E-state index in [9.17, 15) is 0 Å². The molecule has 0 unspecified atom stereocenters. The second-order valence-corrected chi connectivity index (χ2v) is 5.17. The third kappa shape index (κ3) is 12.0. The van der Waals surface area contributed by atoms with E-state index in [4.69, 9.17) is 4.74 Å². The van der Waals surface area contributed by atoms with E-state index in [1.54, 1.807) is 7.11 Å². The van der Waals surface area contributed by atoms with Crippen LogP contribution in [0.25, 0.3) is 0 Å². The molecule has 0 aromatic carbocycles. The highest BCUT2D eigenvalue weighted by Crippen LogP contribution is 1.98. The topological polar surface area (TPSA) is 48.9 Å². The molecule has 114 valence electrons. The van der Waals surface area contributed by atoms with Crippen molar-refractivity contribution in [2.45, 2.75) is 27.2 Å². The zero-order chi connectivity index (χ0) is 14.5. The molecule has 0 fully saturated rings. The van der Waals surface area contributed by atoms with Crippen molar-refractivity contribution in [2.24, 2.45) is 10.9 Å². The molecule has 5 heteroatoms. The summed E-state index contributed by atoms with van der Waals surface area (Å²) in [6, 6.07) is 0. The Kier molecular flexibility index (Phi) is 11.7. The normalized spacial score (nSPS) is 12.3. The summed E-state index contributed by atoms with van der Waals surface area (Å²) in [6.07, 6.45) is 1.13. The minimum absolute atomic E-state index is 0.701. The lowest BCUT2D eigenvalue weighted by molar-refractivity contribution is 0.162. The van der Waals surface area contributed by atoms with Crippen molar-refractivity contribution in [2.75, 3.05) is 53.5 Å². The lowest BCUT2D eigenvalue weighted by atomic mass is 10.1. The molecule has 0 saturated carbocycles. The first-order valence-corrected chi connectivity index (χ1v) is 7.29. The molecule has 0 saturated heterocycles. The molecule has 0 aliphatic rings. The predicted molar refractivity (Wildman–Crippen MR) is 82.8 cm³/mol. The first kappa shape index (κ1) is 18.2. The molecule has 19 heavy (non-hydrogen) atoms. The highest BCUT2D eigenvalue weighted by molar-refractivity contribution is 5.79. The van der Waals surface area contributed by atoms with Crippen LogP contribution in [0.1, 0.15) is 27.2 Å². The van der Waals surface area contributed by atoms with Crippen molar-refractivity contribution < 1.29 is 4.74 Å². The summed E-state index contributed by atoms with van der Waals surface area (Å²) in [5, 5.41) is 6.63. The average molecular weight is 272 g/mol. The Hall–Kier alpha value is -0.810. The van der Waals surface area contributed by atoms with Crippen molar-refractivity contribution >= 4 is 5.96 Å². The van der Waals surface area contributed by atoms with Gasteiger partial charge in [-0.05, 0) is 26.3 Å². The van der Waals surface area contributed by atoms with E-state index in [-0.39, 0.29) is 0 Å². The molecule has 0 aromatic rings.